The van der Waals surface area contributed by atoms with Crippen molar-refractivity contribution >= 4 is 5.91 Å². The van der Waals surface area contributed by atoms with Gasteiger partial charge in [-0.1, -0.05) is 0 Å². The van der Waals surface area contributed by atoms with Gasteiger partial charge in [0.2, 0.25) is 5.91 Å². The van der Waals surface area contributed by atoms with Gasteiger partial charge in [0.25, 0.3) is 0 Å². The molecule has 0 aromatic carbocycles. The van der Waals surface area contributed by atoms with Crippen molar-refractivity contribution in [2.24, 2.45) is 0 Å². The number of fused-ring (bicyclic) bond motifs is 2. The number of nitrogens with one attached hydrogen (secondary N) is 1. The number of likely N-dealkylation sites (N-methyl/N-ethyl adjacent to an activating group) is 1. The zero-order valence-electron chi connectivity index (χ0n) is 13.4. The summed E-state index contributed by atoms with van der Waals surface area (Å²) in [4.78, 5) is 17.2. The molecule has 3 fully saturated rings. The highest BCUT2D eigenvalue weighted by Crippen LogP contribution is 2.36. The Morgan fingerprint density at radius 2 is 1.81 bits per heavy atom. The predicted molar refractivity (Wildman–Crippen MR) is 82.2 cm³/mol. The summed E-state index contributed by atoms with van der Waals surface area (Å²) in [5.41, 5.74) is 0. The minimum atomic E-state index is 0.332. The molecule has 3 aliphatic rings. The van der Waals surface area contributed by atoms with Gasteiger partial charge in [-0.25, -0.2) is 0 Å². The summed E-state index contributed by atoms with van der Waals surface area (Å²) >= 11 is 0. The number of piperidine rings is 2. The molecule has 5 nitrogen and oxygen atoms in total. The lowest BCUT2D eigenvalue weighted by atomic mass is 9.99. The summed E-state index contributed by atoms with van der Waals surface area (Å²) < 4.78 is 5.52. The molecule has 3 aliphatic heterocycles. The van der Waals surface area contributed by atoms with Gasteiger partial charge >= 0.3 is 0 Å². The van der Waals surface area contributed by atoms with Crippen LogP contribution in [-0.2, 0) is 9.53 Å². The van der Waals surface area contributed by atoms with Crippen molar-refractivity contribution in [1.29, 1.82) is 0 Å². The molecule has 120 valence electrons. The Labute approximate surface area is 128 Å². The average Bonchev–Trinajstić information content (AvgIpc) is 2.78. The lowest BCUT2D eigenvalue weighted by molar-refractivity contribution is -0.139. The molecule has 1 amide bonds. The van der Waals surface area contributed by atoms with Crippen LogP contribution in [0.5, 0.6) is 0 Å². The SMILES string of the molecule is COC1CC2CCC(C1)N2C(=O)CN(C)C1CCNCC1. The van der Waals surface area contributed by atoms with Gasteiger partial charge in [0.15, 0.2) is 0 Å². The number of rotatable bonds is 4. The molecule has 3 heterocycles. The molecule has 0 saturated carbocycles. The number of carbonyl (C=O) groups is 1. The van der Waals surface area contributed by atoms with Crippen LogP contribution in [0.3, 0.4) is 0 Å². The molecule has 3 rings (SSSR count). The van der Waals surface area contributed by atoms with Crippen molar-refractivity contribution in [2.45, 2.75) is 62.8 Å². The number of nitrogens with zero attached hydrogens (tertiary/aromatic N) is 2. The molecule has 0 aromatic heterocycles. The number of methoxy groups -OCH3 is 1. The number of hydrogen-bond acceptors (Lipinski definition) is 4. The van der Waals surface area contributed by atoms with E-state index in [-0.39, 0.29) is 0 Å². The van der Waals surface area contributed by atoms with E-state index in [0.717, 1.165) is 51.6 Å². The summed E-state index contributed by atoms with van der Waals surface area (Å²) in [6.07, 6.45) is 7.03. The normalized spacial score (nSPS) is 33.7. The molecule has 21 heavy (non-hydrogen) atoms. The quantitative estimate of drug-likeness (QED) is 0.835. The molecule has 0 aliphatic carbocycles. The number of hydrogen-bond donors (Lipinski definition) is 1. The predicted octanol–water partition coefficient (Wildman–Crippen LogP) is 0.839. The maximum Gasteiger partial charge on any atom is 0.237 e. The van der Waals surface area contributed by atoms with E-state index in [1.54, 1.807) is 7.11 Å². The lowest BCUT2D eigenvalue weighted by Crippen LogP contribution is -2.52. The van der Waals surface area contributed by atoms with Crippen LogP contribution < -0.4 is 5.32 Å². The van der Waals surface area contributed by atoms with E-state index in [1.165, 1.54) is 0 Å². The first-order valence-corrected chi connectivity index (χ1v) is 8.44. The number of ether oxygens (including phenoxy) is 1. The monoisotopic (exact) mass is 295 g/mol. The zero-order valence-corrected chi connectivity index (χ0v) is 13.4. The smallest absolute Gasteiger partial charge is 0.237 e. The first kappa shape index (κ1) is 15.3. The number of carbonyl (C=O) groups excluding carboxylic acids is 1. The third-order valence-corrected chi connectivity index (χ3v) is 5.63. The third kappa shape index (κ3) is 3.25. The summed E-state index contributed by atoms with van der Waals surface area (Å²) in [6.45, 7) is 2.73. The van der Waals surface area contributed by atoms with Crippen LogP contribution in [0.1, 0.15) is 38.5 Å². The molecule has 3 saturated heterocycles. The van der Waals surface area contributed by atoms with Crippen LogP contribution >= 0.6 is 0 Å². The second kappa shape index (κ2) is 6.63. The van der Waals surface area contributed by atoms with Crippen LogP contribution in [0, 0.1) is 0 Å². The largest absolute Gasteiger partial charge is 0.381 e. The summed E-state index contributed by atoms with van der Waals surface area (Å²) in [5, 5.41) is 3.39. The lowest BCUT2D eigenvalue weighted by Gasteiger charge is -2.40. The van der Waals surface area contributed by atoms with E-state index in [0.29, 0.717) is 36.7 Å². The van der Waals surface area contributed by atoms with Gasteiger partial charge in [-0.15, -0.1) is 0 Å². The second-order valence-corrected chi connectivity index (χ2v) is 6.91. The third-order valence-electron chi connectivity index (χ3n) is 5.63. The van der Waals surface area contributed by atoms with Crippen LogP contribution in [0.2, 0.25) is 0 Å². The zero-order chi connectivity index (χ0) is 14.8. The Morgan fingerprint density at radius 1 is 1.19 bits per heavy atom. The van der Waals surface area contributed by atoms with Crippen LogP contribution in [-0.4, -0.2) is 73.7 Å². The average molecular weight is 295 g/mol. The first-order valence-electron chi connectivity index (χ1n) is 8.44. The van der Waals surface area contributed by atoms with Crippen molar-refractivity contribution in [3.8, 4) is 0 Å². The highest BCUT2D eigenvalue weighted by atomic mass is 16.5. The van der Waals surface area contributed by atoms with Crippen molar-refractivity contribution < 1.29 is 9.53 Å². The van der Waals surface area contributed by atoms with E-state index in [9.17, 15) is 4.79 Å². The molecular weight excluding hydrogens is 266 g/mol. The van der Waals surface area contributed by atoms with Crippen LogP contribution in [0.15, 0.2) is 0 Å². The fourth-order valence-corrected chi connectivity index (χ4v) is 4.40. The molecular formula is C16H29N3O2. The second-order valence-electron chi connectivity index (χ2n) is 6.91. The molecule has 1 N–H and O–H groups in total. The van der Waals surface area contributed by atoms with Gasteiger partial charge in [-0.3, -0.25) is 9.69 Å². The molecule has 0 radical (unpaired) electrons. The summed E-state index contributed by atoms with van der Waals surface area (Å²) in [6, 6.07) is 1.40. The van der Waals surface area contributed by atoms with Gasteiger partial charge in [0.05, 0.1) is 12.6 Å². The molecule has 0 aromatic rings. The Balaban J connectivity index is 1.56. The molecule has 5 heteroatoms. The van der Waals surface area contributed by atoms with E-state index in [2.05, 4.69) is 22.2 Å². The van der Waals surface area contributed by atoms with Gasteiger partial charge in [0, 0.05) is 25.2 Å². The maximum atomic E-state index is 12.7. The minimum absolute atomic E-state index is 0.332. The topological polar surface area (TPSA) is 44.8 Å². The van der Waals surface area contributed by atoms with Crippen molar-refractivity contribution in [3.63, 3.8) is 0 Å². The minimum Gasteiger partial charge on any atom is -0.381 e. The fraction of sp³-hybridized carbons (Fsp3) is 0.938. The number of amides is 1. The molecule has 2 unspecified atom stereocenters. The van der Waals surface area contributed by atoms with Crippen molar-refractivity contribution in [1.82, 2.24) is 15.1 Å². The van der Waals surface area contributed by atoms with Crippen LogP contribution in [0.25, 0.3) is 0 Å². The van der Waals surface area contributed by atoms with Crippen molar-refractivity contribution in [3.05, 3.63) is 0 Å². The van der Waals surface area contributed by atoms with Gasteiger partial charge in [-0.05, 0) is 58.7 Å². The van der Waals surface area contributed by atoms with Crippen molar-refractivity contribution in [2.75, 3.05) is 33.8 Å². The Bertz CT molecular complexity index is 357. The summed E-state index contributed by atoms with van der Waals surface area (Å²) in [7, 11) is 3.91. The highest BCUT2D eigenvalue weighted by molar-refractivity contribution is 5.79. The van der Waals surface area contributed by atoms with Gasteiger partial charge in [0.1, 0.15) is 0 Å². The highest BCUT2D eigenvalue weighted by Gasteiger charge is 2.43. The van der Waals surface area contributed by atoms with E-state index < -0.39 is 0 Å². The van der Waals surface area contributed by atoms with Gasteiger partial charge < -0.3 is 15.0 Å². The molecule has 0 spiro atoms. The van der Waals surface area contributed by atoms with E-state index in [4.69, 9.17) is 4.74 Å². The van der Waals surface area contributed by atoms with Crippen LogP contribution in [0.4, 0.5) is 0 Å². The Morgan fingerprint density at radius 3 is 2.38 bits per heavy atom. The van der Waals surface area contributed by atoms with E-state index >= 15 is 0 Å². The van der Waals surface area contributed by atoms with Gasteiger partial charge in [-0.2, -0.15) is 0 Å². The van der Waals surface area contributed by atoms with E-state index in [1.807, 2.05) is 0 Å². The standard InChI is InChI=1S/C16H29N3O2/c1-18(12-5-7-17-8-6-12)11-16(20)19-13-3-4-14(19)10-15(9-13)21-2/h12-15,17H,3-11H2,1-2H3. The first-order chi connectivity index (χ1) is 10.2. The maximum absolute atomic E-state index is 12.7. The molecule has 2 atom stereocenters. The Hall–Kier alpha value is -0.650. The fourth-order valence-electron chi connectivity index (χ4n) is 4.40. The summed E-state index contributed by atoms with van der Waals surface area (Å²) in [5.74, 6) is 0.332. The molecule has 2 bridgehead atoms. The Kier molecular flexibility index (Phi) is 4.82.